The third-order valence-corrected chi connectivity index (χ3v) is 12.4. The number of carbonyl (C=O) groups is 7. The van der Waals surface area contributed by atoms with Gasteiger partial charge in [0.15, 0.2) is 5.78 Å². The Labute approximate surface area is 340 Å². The molecule has 5 amide bonds. The topological polar surface area (TPSA) is 249 Å². The highest BCUT2D eigenvalue weighted by molar-refractivity contribution is 7.70. The van der Waals surface area contributed by atoms with Crippen molar-refractivity contribution in [3.63, 3.8) is 0 Å². The van der Waals surface area contributed by atoms with Crippen LogP contribution < -0.4 is 16.4 Å². The molecule has 3 aromatic rings. The van der Waals surface area contributed by atoms with Gasteiger partial charge in [-0.1, -0.05) is 29.8 Å². The molecule has 2 aliphatic rings. The molecular weight excluding hydrogens is 791 g/mol. The molecule has 0 radical (unpaired) electrons. The number of nitrogens with two attached hydrogens (primary N) is 1. The predicted octanol–water partition coefficient (Wildman–Crippen LogP) is 3.39. The zero-order chi connectivity index (χ0) is 42.3. The summed E-state index contributed by atoms with van der Waals surface area (Å²) in [4.78, 5) is 115. The number of nitrogens with zero attached hydrogens (tertiary/aromatic N) is 2. The first kappa shape index (κ1) is 44.2. The summed E-state index contributed by atoms with van der Waals surface area (Å²) in [6.07, 6.45) is 4.53. The van der Waals surface area contributed by atoms with Crippen molar-refractivity contribution < 1.29 is 47.9 Å². The number of aromatic amines is 1. The first-order valence-corrected chi connectivity index (χ1v) is 21.4. The Bertz CT molecular complexity index is 2130. The average molecular weight is 841 g/mol. The molecule has 0 spiro atoms. The van der Waals surface area contributed by atoms with Gasteiger partial charge in [0.05, 0.1) is 6.04 Å². The lowest BCUT2D eigenvalue weighted by Crippen LogP contribution is -2.60. The molecule has 0 bridgehead atoms. The van der Waals surface area contributed by atoms with Crippen LogP contribution in [0.4, 0.5) is 0 Å². The maximum Gasteiger partial charge on any atom is 0.396 e. The molecule has 312 valence electrons. The third kappa shape index (κ3) is 11.0. The number of fused-ring (bicyclic) bond motifs is 2. The molecule has 2 aliphatic heterocycles. The fourth-order valence-electron chi connectivity index (χ4n) is 7.93. The number of hydrogen-bond donors (Lipinski definition) is 6. The van der Waals surface area contributed by atoms with Gasteiger partial charge in [-0.3, -0.25) is 38.1 Å². The first-order valence-electron chi connectivity index (χ1n) is 19.4. The number of aromatic nitrogens is 1. The van der Waals surface area contributed by atoms with Gasteiger partial charge in [0.25, 0.3) is 11.4 Å². The largest absolute Gasteiger partial charge is 0.396 e. The molecule has 58 heavy (non-hydrogen) atoms. The van der Waals surface area contributed by atoms with E-state index in [1.54, 1.807) is 11.9 Å². The molecule has 3 unspecified atom stereocenters. The van der Waals surface area contributed by atoms with E-state index in [1.165, 1.54) is 36.1 Å². The summed E-state index contributed by atoms with van der Waals surface area (Å²) in [6.45, 7) is 1.53. The highest BCUT2D eigenvalue weighted by atomic mass is 35.5. The Morgan fingerprint density at radius 3 is 2.40 bits per heavy atom. The van der Waals surface area contributed by atoms with Crippen LogP contribution in [0.15, 0.2) is 42.5 Å². The monoisotopic (exact) mass is 840 g/mol. The lowest BCUT2D eigenvalue weighted by Gasteiger charge is -2.38. The van der Waals surface area contributed by atoms with E-state index in [9.17, 15) is 47.9 Å². The molecule has 4 atom stereocenters. The van der Waals surface area contributed by atoms with Gasteiger partial charge >= 0.3 is 7.60 Å². The number of primary amides is 1. The van der Waals surface area contributed by atoms with Gasteiger partial charge in [0.1, 0.15) is 11.7 Å². The summed E-state index contributed by atoms with van der Waals surface area (Å²) < 4.78 is 11.5. The van der Waals surface area contributed by atoms with Crippen molar-refractivity contribution in [2.45, 2.75) is 95.7 Å². The maximum atomic E-state index is 14.4. The summed E-state index contributed by atoms with van der Waals surface area (Å²) >= 11 is 6.79. The van der Waals surface area contributed by atoms with Crippen molar-refractivity contribution in [2.75, 3.05) is 20.1 Å². The zero-order valence-electron chi connectivity index (χ0n) is 32.5. The molecular formula is C40H50ClN6O10P. The molecule has 2 saturated heterocycles. The summed E-state index contributed by atoms with van der Waals surface area (Å²) in [7, 11) is -3.46. The number of ketones is 1. The second-order valence-electron chi connectivity index (χ2n) is 15.1. The van der Waals surface area contributed by atoms with Crippen LogP contribution in [0.1, 0.15) is 96.7 Å². The van der Waals surface area contributed by atoms with Gasteiger partial charge in [-0.15, -0.1) is 0 Å². The number of halogens is 1. The normalized spacial score (nSPS) is 18.9. The van der Waals surface area contributed by atoms with E-state index < -0.39 is 42.9 Å². The Morgan fingerprint density at radius 1 is 1.00 bits per heavy atom. The van der Waals surface area contributed by atoms with Gasteiger partial charge in [0, 0.05) is 73.9 Å². The van der Waals surface area contributed by atoms with Crippen molar-refractivity contribution in [3.05, 3.63) is 69.9 Å². The molecule has 0 saturated carbocycles. The number of benzene rings is 2. The molecule has 16 nitrogen and oxygen atoms in total. The standard InChI is InChI=1S/C40H50ClN6O10P/c1-23(48)46-18-17-29-13-15-33(34(49)19-24(10-16-35(42)50)9-11-26-6-3-5-25(37(26)41)7-4-8-36(51)43-2)47(29)39(53)32(22-46)45-38(52)31-21-28-20-27(12-14-30(28)44-31)40(54)58(55,56)57/h3,5-6,12,14,20-21,24,29,32-33,44H,4,7-11,13,15-19,22H2,1-2H3,(H2,42,50)(H,43,51)(H,45,52)(H2,55,56,57)/t24?,29-,32?,33?/m1/s1. The van der Waals surface area contributed by atoms with Crippen molar-refractivity contribution in [1.82, 2.24) is 25.4 Å². The number of Topliss-reactive ketones (excluding diaryl/α,β-unsaturated/α-hetero) is 1. The predicted molar refractivity (Wildman–Crippen MR) is 215 cm³/mol. The maximum absolute atomic E-state index is 14.4. The Hall–Kier alpha value is -4.89. The van der Waals surface area contributed by atoms with E-state index >= 15 is 0 Å². The number of carbonyl (C=O) groups excluding carboxylic acids is 7. The van der Waals surface area contributed by atoms with E-state index in [0.717, 1.165) is 11.1 Å². The summed E-state index contributed by atoms with van der Waals surface area (Å²) in [5.74, 6) is -2.48. The van der Waals surface area contributed by atoms with Gasteiger partial charge in [-0.25, -0.2) is 0 Å². The quantitative estimate of drug-likeness (QED) is 0.108. The number of hydrogen-bond acceptors (Lipinski definition) is 8. The van der Waals surface area contributed by atoms with Gasteiger partial charge in [0.2, 0.25) is 23.6 Å². The van der Waals surface area contributed by atoms with Crippen molar-refractivity contribution in [1.29, 1.82) is 0 Å². The van der Waals surface area contributed by atoms with Crippen LogP contribution in [-0.2, 0) is 41.4 Å². The fraction of sp³-hybridized carbons (Fsp3) is 0.475. The fourth-order valence-corrected chi connectivity index (χ4v) is 8.73. The molecule has 2 fully saturated rings. The molecule has 3 heterocycles. The minimum atomic E-state index is -5.05. The van der Waals surface area contributed by atoms with Gasteiger partial charge in [-0.05, 0) is 92.7 Å². The minimum absolute atomic E-state index is 0.00237. The minimum Gasteiger partial charge on any atom is -0.370 e. The molecule has 5 rings (SSSR count). The van der Waals surface area contributed by atoms with Gasteiger partial charge < -0.3 is 40.9 Å². The van der Waals surface area contributed by atoms with Gasteiger partial charge in [-0.2, -0.15) is 0 Å². The van der Waals surface area contributed by atoms with Crippen molar-refractivity contribution in [2.24, 2.45) is 11.7 Å². The van der Waals surface area contributed by atoms with Crippen LogP contribution in [-0.4, -0.2) is 104 Å². The molecule has 7 N–H and O–H groups in total. The number of nitrogens with one attached hydrogen (secondary N) is 3. The summed E-state index contributed by atoms with van der Waals surface area (Å²) in [5, 5.41) is 6.27. The highest BCUT2D eigenvalue weighted by Gasteiger charge is 2.45. The van der Waals surface area contributed by atoms with Crippen LogP contribution in [0, 0.1) is 5.92 Å². The molecule has 18 heteroatoms. The number of rotatable bonds is 17. The smallest absolute Gasteiger partial charge is 0.370 e. The summed E-state index contributed by atoms with van der Waals surface area (Å²) in [6, 6.07) is 8.61. The molecule has 0 aliphatic carbocycles. The zero-order valence-corrected chi connectivity index (χ0v) is 34.2. The SMILES string of the molecule is CNC(=O)CCCc1cccc(CCC(CCC(N)=O)CC(=O)C2CC[C@@H]3CCN(C(C)=O)CC(NC(=O)c4cc5cc(C(=O)P(=O)(O)O)ccc5[nH]4)C(=O)N23)c1Cl. The Kier molecular flexibility index (Phi) is 14.7. The van der Waals surface area contributed by atoms with E-state index in [1.807, 2.05) is 18.2 Å². The number of amides is 5. The van der Waals surface area contributed by atoms with E-state index in [0.29, 0.717) is 80.3 Å². The van der Waals surface area contributed by atoms with Crippen molar-refractivity contribution >= 4 is 70.9 Å². The second-order valence-corrected chi connectivity index (χ2v) is 17.0. The van der Waals surface area contributed by atoms with Crippen LogP contribution in [0.5, 0.6) is 0 Å². The lowest BCUT2D eigenvalue weighted by atomic mass is 9.88. The number of H-pyrrole nitrogens is 1. The Morgan fingerprint density at radius 2 is 1.72 bits per heavy atom. The third-order valence-electron chi connectivity index (χ3n) is 11.1. The lowest BCUT2D eigenvalue weighted by molar-refractivity contribution is -0.144. The average Bonchev–Trinajstić information content (AvgIpc) is 3.80. The van der Waals surface area contributed by atoms with E-state index in [4.69, 9.17) is 17.3 Å². The molecule has 1 aromatic heterocycles. The molecule has 2 aromatic carbocycles. The number of aryl methyl sites for hydroxylation is 2. The van der Waals surface area contributed by atoms with Crippen LogP contribution in [0.2, 0.25) is 5.02 Å². The van der Waals surface area contributed by atoms with Crippen LogP contribution in [0.25, 0.3) is 10.9 Å². The highest BCUT2D eigenvalue weighted by Crippen LogP contribution is 2.39. The first-order chi connectivity index (χ1) is 27.5. The van der Waals surface area contributed by atoms with Crippen molar-refractivity contribution in [3.8, 4) is 0 Å². The second kappa shape index (κ2) is 19.2. The summed E-state index contributed by atoms with van der Waals surface area (Å²) in [5.41, 5.74) is 6.10. The van der Waals surface area contributed by atoms with E-state index in [-0.39, 0.29) is 60.2 Å². The van der Waals surface area contributed by atoms with Crippen LogP contribution >= 0.6 is 19.2 Å². The van der Waals surface area contributed by atoms with E-state index in [2.05, 4.69) is 15.6 Å². The van der Waals surface area contributed by atoms with Crippen LogP contribution in [0.3, 0.4) is 0 Å². The Balaban J connectivity index is 1.32.